The summed E-state index contributed by atoms with van der Waals surface area (Å²) >= 11 is 0. The van der Waals surface area contributed by atoms with Gasteiger partial charge in [0.2, 0.25) is 0 Å². The van der Waals surface area contributed by atoms with E-state index in [1.54, 1.807) is 0 Å². The molecular formula is H3CmN3O9. The Labute approximate surface area is 62.6 Å². The van der Waals surface area contributed by atoms with Crippen LogP contribution < -0.4 is 0 Å². The van der Waals surface area contributed by atoms with Gasteiger partial charge in [-0.15, -0.1) is 30.3 Å². The molecular weight excluding hydrogens is 433 g/mol. The van der Waals surface area contributed by atoms with Gasteiger partial charge >= 0.3 is 0 Å². The minimum absolute atomic E-state index is 0. The predicted molar refractivity (Wildman–Crippen MR) is 26.3 cm³/mol. The van der Waals surface area contributed by atoms with Crippen LogP contribution in [0.15, 0.2) is 0 Å². The smallest absolute Gasteiger partial charge is 0.291 e. The van der Waals surface area contributed by atoms with Crippen LogP contribution in [0.2, 0.25) is 0 Å². The van der Waals surface area contributed by atoms with Crippen molar-refractivity contribution in [3.63, 3.8) is 0 Å². The van der Waals surface area contributed by atoms with Gasteiger partial charge in [-0.3, -0.25) is 0 Å². The van der Waals surface area contributed by atoms with Crippen LogP contribution in [0.25, 0.3) is 0 Å². The molecule has 0 radical (unpaired) electrons. The first kappa shape index (κ1) is 22.6. The molecule has 0 unspecified atom stereocenters. The van der Waals surface area contributed by atoms with Crippen molar-refractivity contribution >= 4 is 0 Å². The minimum atomic E-state index is -1.50. The van der Waals surface area contributed by atoms with Gasteiger partial charge in [-0.1, -0.05) is 0 Å². The molecule has 13 heteroatoms. The molecule has 0 atom stereocenters. The SMILES string of the molecule is O=[N+]([O-])O.O=[N+]([O-])O.O=[N+]([O-])O.[Cm]. The van der Waals surface area contributed by atoms with Crippen LogP contribution in [0.5, 0.6) is 0 Å². The molecule has 0 heterocycles. The zero-order valence-electron chi connectivity index (χ0n) is 5.49. The Kier molecular flexibility index (Phi) is 27.6. The molecule has 13 heavy (non-hydrogen) atoms. The number of rotatable bonds is 0. The summed E-state index contributed by atoms with van der Waals surface area (Å²) in [5.74, 6) is 0. The van der Waals surface area contributed by atoms with E-state index in [0.29, 0.717) is 0 Å². The molecule has 3 N–H and O–H groups in total. The Bertz CT molecular complexity index is 112. The Balaban J connectivity index is -0.0000000450. The van der Waals surface area contributed by atoms with E-state index in [9.17, 15) is 0 Å². The Morgan fingerprint density at radius 2 is 0.692 bits per heavy atom. The van der Waals surface area contributed by atoms with Crippen molar-refractivity contribution < 1.29 is 30.9 Å². The van der Waals surface area contributed by atoms with Crippen LogP contribution in [-0.4, -0.2) is 30.9 Å². The monoisotopic (exact) mass is 432 g/mol. The number of hydrogen-bond acceptors (Lipinski definition) is 6. The van der Waals surface area contributed by atoms with Gasteiger partial charge in [0.25, 0.3) is 15.3 Å². The van der Waals surface area contributed by atoms with Crippen LogP contribution >= 0.6 is 0 Å². The molecule has 0 bridgehead atoms. The summed E-state index contributed by atoms with van der Waals surface area (Å²) in [5.41, 5.74) is 0. The van der Waals surface area contributed by atoms with Gasteiger partial charge in [0.1, 0.15) is 0 Å². The molecule has 0 aliphatic carbocycles. The molecule has 0 aliphatic heterocycles. The van der Waals surface area contributed by atoms with E-state index >= 15 is 0 Å². The second-order valence-corrected chi connectivity index (χ2v) is 0.714. The van der Waals surface area contributed by atoms with Crippen molar-refractivity contribution in [2.45, 2.75) is 0 Å². The summed E-state index contributed by atoms with van der Waals surface area (Å²) in [5, 5.41) is 40.9. The van der Waals surface area contributed by atoms with Crippen LogP contribution in [0.3, 0.4) is 0 Å². The largest absolute Gasteiger partial charge is 0.328 e. The van der Waals surface area contributed by atoms with E-state index in [4.69, 9.17) is 46.0 Å². The molecule has 80 valence electrons. The van der Waals surface area contributed by atoms with E-state index in [1.165, 1.54) is 0 Å². The van der Waals surface area contributed by atoms with Gasteiger partial charge in [0, 0.05) is 0 Å². The molecule has 0 aromatic carbocycles. The first-order valence-corrected chi connectivity index (χ1v) is 1.70. The first-order chi connectivity index (χ1) is 5.20. The third kappa shape index (κ3) is 32.4. The van der Waals surface area contributed by atoms with Crippen LogP contribution in [0.4, 0.5) is 0 Å². The predicted octanol–water partition coefficient (Wildman–Crippen LogP) is -1.04. The number of nitrogens with zero attached hydrogens (tertiary/aromatic N) is 3. The quantitative estimate of drug-likeness (QED) is 0.314. The molecule has 0 fully saturated rings. The molecule has 0 aliphatic rings. The molecule has 0 aromatic rings. The van der Waals surface area contributed by atoms with Crippen molar-refractivity contribution in [2.24, 2.45) is 0 Å². The summed E-state index contributed by atoms with van der Waals surface area (Å²) < 4.78 is 0. The van der Waals surface area contributed by atoms with Gasteiger partial charge < -0.3 is 15.6 Å². The van der Waals surface area contributed by atoms with E-state index in [1.807, 2.05) is 0 Å². The Morgan fingerprint density at radius 3 is 0.692 bits per heavy atom. The molecule has 0 rings (SSSR count). The fraction of sp³-hybridized carbons (Fsp3) is 0. The van der Waals surface area contributed by atoms with E-state index in [0.717, 1.165) is 0 Å². The summed E-state index contributed by atoms with van der Waals surface area (Å²) in [7, 11) is 0. The summed E-state index contributed by atoms with van der Waals surface area (Å²) in [4.78, 5) is 25.1. The number of hydrogen-bond donors (Lipinski definition) is 3. The molecule has 0 saturated carbocycles. The maximum Gasteiger partial charge on any atom is 0.291 e. The van der Waals surface area contributed by atoms with Crippen LogP contribution in [0, 0.1) is 30.3 Å². The standard InChI is InChI=1S/Cm.3HNO3/c;3*2-1(3)4/h;3*(H,2,3,4). The van der Waals surface area contributed by atoms with Gasteiger partial charge in [0.15, 0.2) is 0 Å². The average Bonchev–Trinajstić information content (AvgIpc) is 1.54. The van der Waals surface area contributed by atoms with Crippen molar-refractivity contribution in [1.82, 2.24) is 0 Å². The van der Waals surface area contributed by atoms with E-state index in [2.05, 4.69) is 0 Å². The zero-order chi connectivity index (χ0) is 10.7. The Hall–Kier alpha value is -3.40. The molecule has 12 nitrogen and oxygen atoms in total. The summed E-state index contributed by atoms with van der Waals surface area (Å²) in [6, 6.07) is 0. The first-order valence-electron chi connectivity index (χ1n) is 1.70. The zero-order valence-corrected chi connectivity index (χ0v) is 8.43. The van der Waals surface area contributed by atoms with Crippen molar-refractivity contribution in [3.05, 3.63) is 30.3 Å². The molecule has 0 saturated heterocycles. The van der Waals surface area contributed by atoms with Crippen molar-refractivity contribution in [2.75, 3.05) is 0 Å². The van der Waals surface area contributed by atoms with E-state index < -0.39 is 15.3 Å². The summed E-state index contributed by atoms with van der Waals surface area (Å²) in [6.07, 6.45) is 0. The van der Waals surface area contributed by atoms with Gasteiger partial charge in [-0.2, -0.15) is 0 Å². The second kappa shape index (κ2) is 15.8. The van der Waals surface area contributed by atoms with Gasteiger partial charge in [0.05, 0.1) is 0 Å². The normalized spacial score (nSPS) is 5.54. The molecule has 0 amide bonds. The molecule has 0 spiro atoms. The maximum atomic E-state index is 8.36. The van der Waals surface area contributed by atoms with E-state index in [-0.39, 0.29) is 0 Å². The van der Waals surface area contributed by atoms with Crippen molar-refractivity contribution in [1.29, 1.82) is 0 Å². The van der Waals surface area contributed by atoms with Crippen LogP contribution in [0.1, 0.15) is 0 Å². The molecule has 0 aromatic heterocycles. The second-order valence-electron chi connectivity index (χ2n) is 0.714. The topological polar surface area (TPSA) is 190 Å². The maximum absolute atomic E-state index is 8.36. The third-order valence-electron chi connectivity index (χ3n) is 0. The minimum Gasteiger partial charge on any atom is -0.328 e. The summed E-state index contributed by atoms with van der Waals surface area (Å²) in [6.45, 7) is 0. The van der Waals surface area contributed by atoms with Gasteiger partial charge in [-0.05, 0) is 0 Å². The van der Waals surface area contributed by atoms with Crippen molar-refractivity contribution in [3.8, 4) is 0 Å². The average molecular weight is 436 g/mol. The van der Waals surface area contributed by atoms with Crippen LogP contribution in [-0.2, 0) is 0 Å². The fourth-order valence-corrected chi connectivity index (χ4v) is 0. The third-order valence-corrected chi connectivity index (χ3v) is 0. The Morgan fingerprint density at radius 1 is 0.692 bits per heavy atom. The van der Waals surface area contributed by atoms with Gasteiger partial charge in [-0.25, -0.2) is 0 Å². The fourth-order valence-electron chi connectivity index (χ4n) is 0.